The van der Waals surface area contributed by atoms with E-state index in [9.17, 15) is 18.0 Å². The summed E-state index contributed by atoms with van der Waals surface area (Å²) in [7, 11) is 0. The number of primary amides is 1. The monoisotopic (exact) mass is 252 g/mol. The maximum atomic E-state index is 11.9. The van der Waals surface area contributed by atoms with E-state index in [-0.39, 0.29) is 24.3 Å². The molecule has 0 aromatic heterocycles. The standard InChI is InChI=1S/C11H19F3N2O/c12-11(13,14)6-1-7-16-9-4-2-8(3-5-9)10(15)17/h8-9,16H,1-7H2,(H2,15,17). The molecule has 1 aliphatic rings. The first-order valence-corrected chi connectivity index (χ1v) is 5.98. The highest BCUT2D eigenvalue weighted by Gasteiger charge is 2.27. The van der Waals surface area contributed by atoms with Crippen molar-refractivity contribution in [3.05, 3.63) is 0 Å². The lowest BCUT2D eigenvalue weighted by Gasteiger charge is -2.27. The summed E-state index contributed by atoms with van der Waals surface area (Å²) in [4.78, 5) is 10.9. The Balaban J connectivity index is 2.09. The topological polar surface area (TPSA) is 55.1 Å². The van der Waals surface area contributed by atoms with Crippen molar-refractivity contribution in [2.45, 2.75) is 50.7 Å². The number of carbonyl (C=O) groups is 1. The lowest BCUT2D eigenvalue weighted by molar-refractivity contribution is -0.135. The summed E-state index contributed by atoms with van der Waals surface area (Å²) in [5.41, 5.74) is 5.20. The van der Waals surface area contributed by atoms with E-state index >= 15 is 0 Å². The van der Waals surface area contributed by atoms with Crippen molar-refractivity contribution in [1.82, 2.24) is 5.32 Å². The molecule has 100 valence electrons. The highest BCUT2D eigenvalue weighted by molar-refractivity contribution is 5.76. The Hall–Kier alpha value is -0.780. The Morgan fingerprint density at radius 3 is 2.29 bits per heavy atom. The fourth-order valence-corrected chi connectivity index (χ4v) is 2.18. The van der Waals surface area contributed by atoms with Crippen molar-refractivity contribution in [1.29, 1.82) is 0 Å². The van der Waals surface area contributed by atoms with Gasteiger partial charge < -0.3 is 11.1 Å². The van der Waals surface area contributed by atoms with Gasteiger partial charge in [0, 0.05) is 18.4 Å². The van der Waals surface area contributed by atoms with E-state index in [1.54, 1.807) is 0 Å². The average Bonchev–Trinajstić information content (AvgIpc) is 2.24. The molecule has 1 saturated carbocycles. The molecule has 3 N–H and O–H groups in total. The highest BCUT2D eigenvalue weighted by atomic mass is 19.4. The maximum Gasteiger partial charge on any atom is 0.389 e. The normalized spacial score (nSPS) is 25.8. The molecule has 1 aliphatic carbocycles. The second-order valence-corrected chi connectivity index (χ2v) is 4.62. The fraction of sp³-hybridized carbons (Fsp3) is 0.909. The summed E-state index contributed by atoms with van der Waals surface area (Å²) in [6, 6.07) is 0.235. The number of halogens is 3. The number of amides is 1. The van der Waals surface area contributed by atoms with Crippen LogP contribution in [0.3, 0.4) is 0 Å². The maximum absolute atomic E-state index is 11.9. The molecule has 0 bridgehead atoms. The van der Waals surface area contributed by atoms with Crippen LogP contribution in [0.25, 0.3) is 0 Å². The van der Waals surface area contributed by atoms with E-state index in [2.05, 4.69) is 5.32 Å². The summed E-state index contributed by atoms with van der Waals surface area (Å²) in [5, 5.41) is 3.10. The summed E-state index contributed by atoms with van der Waals surface area (Å²) in [6.45, 7) is 0.380. The van der Waals surface area contributed by atoms with Crippen LogP contribution in [-0.2, 0) is 4.79 Å². The predicted octanol–water partition coefficient (Wildman–Crippen LogP) is 1.96. The minimum absolute atomic E-state index is 0.0526. The Morgan fingerprint density at radius 2 is 1.82 bits per heavy atom. The number of hydrogen-bond acceptors (Lipinski definition) is 2. The molecule has 1 amide bonds. The third-order valence-electron chi connectivity index (χ3n) is 3.20. The van der Waals surface area contributed by atoms with Crippen LogP contribution in [0.4, 0.5) is 13.2 Å². The number of rotatable bonds is 5. The number of hydrogen-bond donors (Lipinski definition) is 2. The van der Waals surface area contributed by atoms with E-state index in [1.807, 2.05) is 0 Å². The van der Waals surface area contributed by atoms with Gasteiger partial charge in [-0.25, -0.2) is 0 Å². The number of nitrogens with two attached hydrogens (primary N) is 1. The van der Waals surface area contributed by atoms with Crippen molar-refractivity contribution in [3.63, 3.8) is 0 Å². The fourth-order valence-electron chi connectivity index (χ4n) is 2.18. The smallest absolute Gasteiger partial charge is 0.369 e. The van der Waals surface area contributed by atoms with E-state index in [1.165, 1.54) is 0 Å². The molecule has 0 aromatic rings. The largest absolute Gasteiger partial charge is 0.389 e. The summed E-state index contributed by atoms with van der Waals surface area (Å²) in [6.07, 6.45) is -1.57. The summed E-state index contributed by atoms with van der Waals surface area (Å²) in [5.74, 6) is -0.316. The Kier molecular flexibility index (Phi) is 5.24. The van der Waals surface area contributed by atoms with Crippen LogP contribution >= 0.6 is 0 Å². The van der Waals surface area contributed by atoms with Crippen LogP contribution in [0.1, 0.15) is 38.5 Å². The van der Waals surface area contributed by atoms with Crippen molar-refractivity contribution >= 4 is 5.91 Å². The minimum Gasteiger partial charge on any atom is -0.369 e. The van der Waals surface area contributed by atoms with E-state index in [4.69, 9.17) is 5.73 Å². The molecule has 0 atom stereocenters. The number of carbonyl (C=O) groups excluding carboxylic acids is 1. The van der Waals surface area contributed by atoms with E-state index in [0.717, 1.165) is 25.7 Å². The van der Waals surface area contributed by atoms with Crippen molar-refractivity contribution in [3.8, 4) is 0 Å². The number of alkyl halides is 3. The van der Waals surface area contributed by atoms with Gasteiger partial charge in [0.2, 0.25) is 5.91 Å². The average molecular weight is 252 g/mol. The van der Waals surface area contributed by atoms with Crippen LogP contribution in [0.15, 0.2) is 0 Å². The number of nitrogens with one attached hydrogen (secondary N) is 1. The molecular formula is C11H19F3N2O. The molecule has 0 aliphatic heterocycles. The molecule has 0 saturated heterocycles. The van der Waals surface area contributed by atoms with E-state index < -0.39 is 12.6 Å². The first kappa shape index (κ1) is 14.3. The molecule has 1 fully saturated rings. The van der Waals surface area contributed by atoms with Gasteiger partial charge in [0.25, 0.3) is 0 Å². The van der Waals surface area contributed by atoms with Gasteiger partial charge in [0.15, 0.2) is 0 Å². The molecule has 0 heterocycles. The second kappa shape index (κ2) is 6.23. The first-order valence-electron chi connectivity index (χ1n) is 5.98. The van der Waals surface area contributed by atoms with Gasteiger partial charge in [-0.15, -0.1) is 0 Å². The third kappa shape index (κ3) is 5.91. The third-order valence-corrected chi connectivity index (χ3v) is 3.20. The lowest BCUT2D eigenvalue weighted by Crippen LogP contribution is -2.37. The van der Waals surface area contributed by atoms with Crippen molar-refractivity contribution < 1.29 is 18.0 Å². The molecule has 1 rings (SSSR count). The molecule has 0 radical (unpaired) electrons. The lowest BCUT2D eigenvalue weighted by atomic mass is 9.85. The van der Waals surface area contributed by atoms with Gasteiger partial charge in [-0.1, -0.05) is 0 Å². The molecule has 6 heteroatoms. The predicted molar refractivity (Wildman–Crippen MR) is 58.2 cm³/mol. The SMILES string of the molecule is NC(=O)C1CCC(NCCCC(F)(F)F)CC1. The van der Waals surface area contributed by atoms with Gasteiger partial charge in [-0.2, -0.15) is 13.2 Å². The van der Waals surface area contributed by atoms with Gasteiger partial charge in [-0.05, 0) is 38.6 Å². The van der Waals surface area contributed by atoms with Gasteiger partial charge >= 0.3 is 6.18 Å². The molecule has 17 heavy (non-hydrogen) atoms. The summed E-state index contributed by atoms with van der Waals surface area (Å²) < 4.78 is 35.6. The Morgan fingerprint density at radius 1 is 1.24 bits per heavy atom. The van der Waals surface area contributed by atoms with E-state index in [0.29, 0.717) is 6.54 Å². The van der Waals surface area contributed by atoms with Gasteiger partial charge in [-0.3, -0.25) is 4.79 Å². The zero-order chi connectivity index (χ0) is 12.9. The quantitative estimate of drug-likeness (QED) is 0.735. The van der Waals surface area contributed by atoms with Crippen LogP contribution in [0, 0.1) is 5.92 Å². The van der Waals surface area contributed by atoms with Crippen LogP contribution in [0.2, 0.25) is 0 Å². The van der Waals surface area contributed by atoms with Crippen LogP contribution < -0.4 is 11.1 Å². The van der Waals surface area contributed by atoms with Crippen molar-refractivity contribution in [2.75, 3.05) is 6.54 Å². The van der Waals surface area contributed by atoms with Crippen molar-refractivity contribution in [2.24, 2.45) is 11.7 Å². The van der Waals surface area contributed by atoms with Gasteiger partial charge in [0.1, 0.15) is 0 Å². The zero-order valence-electron chi connectivity index (χ0n) is 9.72. The van der Waals surface area contributed by atoms with Gasteiger partial charge in [0.05, 0.1) is 0 Å². The molecule has 0 unspecified atom stereocenters. The minimum atomic E-state index is -4.06. The van der Waals surface area contributed by atoms with Crippen LogP contribution in [-0.4, -0.2) is 24.7 Å². The molecule has 0 spiro atoms. The summed E-state index contributed by atoms with van der Waals surface area (Å²) >= 11 is 0. The Bertz CT molecular complexity index is 248. The Labute approximate surface area is 98.9 Å². The highest BCUT2D eigenvalue weighted by Crippen LogP contribution is 2.24. The second-order valence-electron chi connectivity index (χ2n) is 4.62. The zero-order valence-corrected chi connectivity index (χ0v) is 9.72. The first-order chi connectivity index (χ1) is 7.88. The molecule has 3 nitrogen and oxygen atoms in total. The molecular weight excluding hydrogens is 233 g/mol. The van der Waals surface area contributed by atoms with Crippen LogP contribution in [0.5, 0.6) is 0 Å². The molecule has 0 aromatic carbocycles.